The Morgan fingerprint density at radius 1 is 1.29 bits per heavy atom. The van der Waals surface area contributed by atoms with Crippen LogP contribution in [-0.4, -0.2) is 12.6 Å². The van der Waals surface area contributed by atoms with Crippen LogP contribution >= 0.6 is 0 Å². The van der Waals surface area contributed by atoms with Crippen LogP contribution in [0.5, 0.6) is 0 Å². The van der Waals surface area contributed by atoms with Gasteiger partial charge in [0.2, 0.25) is 0 Å². The normalized spacial score (nSPS) is 18.4. The van der Waals surface area contributed by atoms with Crippen LogP contribution in [0, 0.1) is 5.92 Å². The van der Waals surface area contributed by atoms with E-state index in [1.807, 2.05) is 6.92 Å². The standard InChI is InChI=1S/C19H32O2/c1-4-6-7-8-10-16(3)13-17-11-9-12-18(14-17)15-19(20)21-5-2/h14-16H,4-13H2,1-3H3. The molecule has 0 N–H and O–H groups in total. The van der Waals surface area contributed by atoms with E-state index < -0.39 is 0 Å². The van der Waals surface area contributed by atoms with Crippen molar-refractivity contribution in [2.75, 3.05) is 6.61 Å². The van der Waals surface area contributed by atoms with Crippen molar-refractivity contribution in [2.24, 2.45) is 5.92 Å². The zero-order chi connectivity index (χ0) is 15.5. The molecule has 0 saturated heterocycles. The van der Waals surface area contributed by atoms with Crippen LogP contribution < -0.4 is 0 Å². The van der Waals surface area contributed by atoms with Gasteiger partial charge in [0.15, 0.2) is 0 Å². The van der Waals surface area contributed by atoms with Gasteiger partial charge in [-0.2, -0.15) is 0 Å². The number of carbonyl (C=O) groups excluding carboxylic acids is 1. The molecule has 1 unspecified atom stereocenters. The number of hydrogen-bond acceptors (Lipinski definition) is 2. The van der Waals surface area contributed by atoms with Crippen LogP contribution in [0.1, 0.15) is 78.6 Å². The lowest BCUT2D eigenvalue weighted by Gasteiger charge is -2.19. The fourth-order valence-corrected chi connectivity index (χ4v) is 3.01. The van der Waals surface area contributed by atoms with Gasteiger partial charge in [-0.3, -0.25) is 0 Å². The Balaban J connectivity index is 2.42. The van der Waals surface area contributed by atoms with Crippen LogP contribution in [0.4, 0.5) is 0 Å². The van der Waals surface area contributed by atoms with E-state index in [0.29, 0.717) is 6.61 Å². The second-order valence-electron chi connectivity index (χ2n) is 6.29. The van der Waals surface area contributed by atoms with Gasteiger partial charge in [-0.05, 0) is 44.1 Å². The number of allylic oxidation sites excluding steroid dienone is 3. The molecular weight excluding hydrogens is 260 g/mol. The number of ether oxygens (including phenoxy) is 1. The van der Waals surface area contributed by atoms with E-state index in [9.17, 15) is 4.79 Å². The summed E-state index contributed by atoms with van der Waals surface area (Å²) in [5, 5.41) is 0. The average molecular weight is 292 g/mol. The zero-order valence-corrected chi connectivity index (χ0v) is 14.1. The first-order valence-corrected chi connectivity index (χ1v) is 8.72. The lowest BCUT2D eigenvalue weighted by molar-refractivity contribution is -0.137. The molecule has 1 aliphatic rings. The molecule has 0 fully saturated rings. The average Bonchev–Trinajstić information content (AvgIpc) is 2.44. The van der Waals surface area contributed by atoms with Gasteiger partial charge in [0, 0.05) is 6.08 Å². The van der Waals surface area contributed by atoms with Gasteiger partial charge >= 0.3 is 5.97 Å². The minimum absolute atomic E-state index is 0.197. The van der Waals surface area contributed by atoms with Crippen LogP contribution in [-0.2, 0) is 9.53 Å². The zero-order valence-electron chi connectivity index (χ0n) is 14.1. The third kappa shape index (κ3) is 8.08. The lowest BCUT2D eigenvalue weighted by Crippen LogP contribution is -2.05. The molecule has 0 spiro atoms. The van der Waals surface area contributed by atoms with E-state index in [1.165, 1.54) is 56.9 Å². The van der Waals surface area contributed by atoms with Crippen LogP contribution in [0.3, 0.4) is 0 Å². The molecule has 2 heteroatoms. The van der Waals surface area contributed by atoms with E-state index in [1.54, 1.807) is 6.08 Å². The molecular formula is C19H32O2. The summed E-state index contributed by atoms with van der Waals surface area (Å²) in [5.74, 6) is 0.563. The third-order valence-electron chi connectivity index (χ3n) is 4.10. The van der Waals surface area contributed by atoms with Gasteiger partial charge in [-0.25, -0.2) is 4.79 Å². The van der Waals surface area contributed by atoms with Crippen molar-refractivity contribution in [3.63, 3.8) is 0 Å². The molecule has 0 aromatic rings. The first kappa shape index (κ1) is 18.0. The maximum atomic E-state index is 11.5. The number of unbranched alkanes of at least 4 members (excludes halogenated alkanes) is 3. The van der Waals surface area contributed by atoms with Crippen LogP contribution in [0.25, 0.3) is 0 Å². The molecule has 0 aliphatic heterocycles. The summed E-state index contributed by atoms with van der Waals surface area (Å²) >= 11 is 0. The van der Waals surface area contributed by atoms with E-state index in [4.69, 9.17) is 4.74 Å². The quantitative estimate of drug-likeness (QED) is 0.315. The summed E-state index contributed by atoms with van der Waals surface area (Å²) in [6, 6.07) is 0. The number of rotatable bonds is 9. The molecule has 0 aromatic heterocycles. The van der Waals surface area contributed by atoms with Gasteiger partial charge in [0.1, 0.15) is 0 Å². The Labute approximate surface area is 130 Å². The predicted molar refractivity (Wildman–Crippen MR) is 89.2 cm³/mol. The minimum atomic E-state index is -0.197. The van der Waals surface area contributed by atoms with Gasteiger partial charge < -0.3 is 4.74 Å². The number of hydrogen-bond donors (Lipinski definition) is 0. The Kier molecular flexibility index (Phi) is 9.12. The van der Waals surface area contributed by atoms with Crippen molar-refractivity contribution in [1.29, 1.82) is 0 Å². The van der Waals surface area contributed by atoms with Gasteiger partial charge in [0.25, 0.3) is 0 Å². The molecule has 1 rings (SSSR count). The summed E-state index contributed by atoms with van der Waals surface area (Å²) < 4.78 is 4.99. The van der Waals surface area contributed by atoms with Gasteiger partial charge in [0.05, 0.1) is 6.61 Å². The largest absolute Gasteiger partial charge is 0.463 e. The molecule has 21 heavy (non-hydrogen) atoms. The molecule has 1 atom stereocenters. The summed E-state index contributed by atoms with van der Waals surface area (Å²) in [7, 11) is 0. The molecule has 0 aromatic carbocycles. The number of carbonyl (C=O) groups is 1. The monoisotopic (exact) mass is 292 g/mol. The molecule has 0 saturated carbocycles. The maximum Gasteiger partial charge on any atom is 0.331 e. The fraction of sp³-hybridized carbons (Fsp3) is 0.737. The van der Waals surface area contributed by atoms with Crippen molar-refractivity contribution in [3.05, 3.63) is 23.3 Å². The second-order valence-corrected chi connectivity index (χ2v) is 6.29. The Hall–Kier alpha value is -1.05. The molecule has 2 nitrogen and oxygen atoms in total. The van der Waals surface area contributed by atoms with Crippen molar-refractivity contribution >= 4 is 5.97 Å². The summed E-state index contributed by atoms with van der Waals surface area (Å²) in [5.41, 5.74) is 2.66. The van der Waals surface area contributed by atoms with Gasteiger partial charge in [-0.15, -0.1) is 0 Å². The predicted octanol–water partition coefficient (Wildman–Crippen LogP) is 5.58. The smallest absolute Gasteiger partial charge is 0.331 e. The van der Waals surface area contributed by atoms with E-state index >= 15 is 0 Å². The van der Waals surface area contributed by atoms with E-state index in [-0.39, 0.29) is 5.97 Å². The van der Waals surface area contributed by atoms with Crippen molar-refractivity contribution in [2.45, 2.75) is 78.6 Å². The lowest BCUT2D eigenvalue weighted by atomic mass is 9.87. The summed E-state index contributed by atoms with van der Waals surface area (Å²) in [6.07, 6.45) is 15.2. The second kappa shape index (κ2) is 10.6. The third-order valence-corrected chi connectivity index (χ3v) is 4.10. The van der Waals surface area contributed by atoms with Crippen molar-refractivity contribution in [1.82, 2.24) is 0 Å². The SMILES string of the molecule is CCCCCCC(C)CC1=CC(=CC(=O)OCC)CCC1. The molecule has 0 amide bonds. The van der Waals surface area contributed by atoms with E-state index in [2.05, 4.69) is 19.9 Å². The van der Waals surface area contributed by atoms with Crippen LogP contribution in [0.2, 0.25) is 0 Å². The van der Waals surface area contributed by atoms with Gasteiger partial charge in [-0.1, -0.05) is 57.6 Å². The summed E-state index contributed by atoms with van der Waals surface area (Å²) in [6.45, 7) is 6.91. The first-order valence-electron chi connectivity index (χ1n) is 8.72. The Morgan fingerprint density at radius 2 is 2.10 bits per heavy atom. The highest BCUT2D eigenvalue weighted by Gasteiger charge is 2.12. The highest BCUT2D eigenvalue weighted by Crippen LogP contribution is 2.28. The van der Waals surface area contributed by atoms with Crippen molar-refractivity contribution in [3.8, 4) is 0 Å². The first-order chi connectivity index (χ1) is 10.2. The maximum absolute atomic E-state index is 11.5. The molecule has 0 bridgehead atoms. The summed E-state index contributed by atoms with van der Waals surface area (Å²) in [4.78, 5) is 11.5. The molecule has 0 radical (unpaired) electrons. The van der Waals surface area contributed by atoms with Crippen LogP contribution in [0.15, 0.2) is 23.3 Å². The molecule has 1 aliphatic carbocycles. The fourth-order valence-electron chi connectivity index (χ4n) is 3.01. The van der Waals surface area contributed by atoms with Crippen molar-refractivity contribution < 1.29 is 9.53 Å². The highest BCUT2D eigenvalue weighted by molar-refractivity contribution is 5.83. The molecule has 120 valence electrons. The van der Waals surface area contributed by atoms with E-state index in [0.717, 1.165) is 17.9 Å². The number of esters is 1. The Morgan fingerprint density at radius 3 is 2.81 bits per heavy atom. The topological polar surface area (TPSA) is 26.3 Å². The molecule has 0 heterocycles. The minimum Gasteiger partial charge on any atom is -0.463 e. The Bertz CT molecular complexity index is 366. The highest BCUT2D eigenvalue weighted by atomic mass is 16.5.